The van der Waals surface area contributed by atoms with Gasteiger partial charge in [0, 0.05) is 0 Å². The van der Waals surface area contributed by atoms with Gasteiger partial charge in [-0.05, 0) is 23.6 Å². The van der Waals surface area contributed by atoms with Crippen molar-refractivity contribution in [2.75, 3.05) is 0 Å². The summed E-state index contributed by atoms with van der Waals surface area (Å²) in [5.74, 6) is 1.41. The largest absolute Gasteiger partial charge is 0.466 e. The molecule has 0 bridgehead atoms. The Hall–Kier alpha value is -1.24. The molecular formula is C11H14O. The van der Waals surface area contributed by atoms with Gasteiger partial charge in [0.2, 0.25) is 0 Å². The highest BCUT2D eigenvalue weighted by atomic mass is 16.5. The van der Waals surface area contributed by atoms with Crippen LogP contribution in [0.1, 0.15) is 25.3 Å². The molecule has 0 aliphatic rings. The third-order valence-corrected chi connectivity index (χ3v) is 1.77. The van der Waals surface area contributed by atoms with Gasteiger partial charge < -0.3 is 4.74 Å². The Balaban J connectivity index is 2.78. The number of hydrogen-bond acceptors (Lipinski definition) is 1. The molecule has 0 radical (unpaired) electrons. The van der Waals surface area contributed by atoms with E-state index < -0.39 is 0 Å². The molecule has 0 fully saturated rings. The van der Waals surface area contributed by atoms with Crippen molar-refractivity contribution in [1.29, 1.82) is 0 Å². The number of benzene rings is 1. The number of hydrogen-bond donors (Lipinski definition) is 0. The molecule has 0 aromatic heterocycles. The molecule has 12 heavy (non-hydrogen) atoms. The summed E-state index contributed by atoms with van der Waals surface area (Å²) < 4.78 is 5.10. The fraction of sp³-hybridized carbons (Fsp3) is 0.273. The summed E-state index contributed by atoms with van der Waals surface area (Å²) >= 11 is 0. The maximum Gasteiger partial charge on any atom is 0.126 e. The Morgan fingerprint density at radius 1 is 1.25 bits per heavy atom. The first-order valence-corrected chi connectivity index (χ1v) is 4.11. The van der Waals surface area contributed by atoms with Crippen LogP contribution in [0, 0.1) is 0 Å². The van der Waals surface area contributed by atoms with E-state index in [-0.39, 0.29) is 0 Å². The van der Waals surface area contributed by atoms with E-state index in [1.807, 2.05) is 12.1 Å². The van der Waals surface area contributed by atoms with Gasteiger partial charge in [0.25, 0.3) is 0 Å². The van der Waals surface area contributed by atoms with Gasteiger partial charge in [0.15, 0.2) is 0 Å². The summed E-state index contributed by atoms with van der Waals surface area (Å²) in [6, 6.07) is 8.06. The van der Waals surface area contributed by atoms with Gasteiger partial charge in [0.05, 0.1) is 6.26 Å². The molecule has 0 N–H and O–H groups in total. The highest BCUT2D eigenvalue weighted by molar-refractivity contribution is 5.29. The standard InChI is InChI=1S/C11H14O/c1-4-12-11-7-5-10(6-8-11)9(2)3/h4-9H,1H2,2-3H3. The molecule has 0 amide bonds. The molecule has 1 aromatic rings. The molecule has 0 aliphatic heterocycles. The van der Waals surface area contributed by atoms with Crippen LogP contribution in [0.25, 0.3) is 0 Å². The first-order valence-electron chi connectivity index (χ1n) is 4.11. The predicted molar refractivity (Wildman–Crippen MR) is 51.4 cm³/mol. The smallest absolute Gasteiger partial charge is 0.126 e. The second kappa shape index (κ2) is 3.96. The van der Waals surface area contributed by atoms with Gasteiger partial charge in [-0.2, -0.15) is 0 Å². The Labute approximate surface area is 73.7 Å². The predicted octanol–water partition coefficient (Wildman–Crippen LogP) is 3.33. The van der Waals surface area contributed by atoms with Crippen LogP contribution in [-0.4, -0.2) is 0 Å². The van der Waals surface area contributed by atoms with E-state index in [1.165, 1.54) is 11.8 Å². The molecule has 1 aromatic carbocycles. The summed E-state index contributed by atoms with van der Waals surface area (Å²) in [5, 5.41) is 0. The highest BCUT2D eigenvalue weighted by Crippen LogP contribution is 2.18. The van der Waals surface area contributed by atoms with Crippen LogP contribution >= 0.6 is 0 Å². The van der Waals surface area contributed by atoms with Crippen LogP contribution in [-0.2, 0) is 0 Å². The van der Waals surface area contributed by atoms with Crippen molar-refractivity contribution in [3.63, 3.8) is 0 Å². The molecular weight excluding hydrogens is 148 g/mol. The quantitative estimate of drug-likeness (QED) is 0.619. The van der Waals surface area contributed by atoms with E-state index in [1.54, 1.807) is 0 Å². The van der Waals surface area contributed by atoms with Crippen LogP contribution in [0.3, 0.4) is 0 Å². The topological polar surface area (TPSA) is 9.23 Å². The minimum Gasteiger partial charge on any atom is -0.466 e. The molecule has 0 spiro atoms. The fourth-order valence-electron chi connectivity index (χ4n) is 1.03. The second-order valence-electron chi connectivity index (χ2n) is 3.01. The summed E-state index contributed by atoms with van der Waals surface area (Å²) in [4.78, 5) is 0. The summed E-state index contributed by atoms with van der Waals surface area (Å²) in [6.45, 7) is 7.83. The highest BCUT2D eigenvalue weighted by Gasteiger charge is 1.97. The van der Waals surface area contributed by atoms with Gasteiger partial charge >= 0.3 is 0 Å². The van der Waals surface area contributed by atoms with E-state index in [9.17, 15) is 0 Å². The molecule has 1 heteroatoms. The first kappa shape index (κ1) is 8.85. The first-order chi connectivity index (χ1) is 5.74. The molecule has 1 rings (SSSR count). The van der Waals surface area contributed by atoms with Crippen molar-refractivity contribution >= 4 is 0 Å². The number of ether oxygens (including phenoxy) is 1. The normalized spacial score (nSPS) is 9.92. The van der Waals surface area contributed by atoms with Crippen molar-refractivity contribution in [1.82, 2.24) is 0 Å². The lowest BCUT2D eigenvalue weighted by atomic mass is 10.0. The van der Waals surface area contributed by atoms with Crippen LogP contribution in [0.15, 0.2) is 37.1 Å². The lowest BCUT2D eigenvalue weighted by molar-refractivity contribution is 0.483. The zero-order chi connectivity index (χ0) is 8.97. The summed E-state index contributed by atoms with van der Waals surface area (Å²) in [7, 11) is 0. The van der Waals surface area contributed by atoms with E-state index in [0.717, 1.165) is 5.75 Å². The summed E-state index contributed by atoms with van der Waals surface area (Å²) in [6.07, 6.45) is 1.43. The van der Waals surface area contributed by atoms with Gasteiger partial charge in [-0.25, -0.2) is 0 Å². The van der Waals surface area contributed by atoms with Crippen LogP contribution < -0.4 is 4.74 Å². The van der Waals surface area contributed by atoms with E-state index in [2.05, 4.69) is 32.6 Å². The zero-order valence-corrected chi connectivity index (χ0v) is 7.58. The molecule has 0 saturated heterocycles. The van der Waals surface area contributed by atoms with Crippen molar-refractivity contribution in [2.45, 2.75) is 19.8 Å². The average molecular weight is 162 g/mol. The van der Waals surface area contributed by atoms with Crippen molar-refractivity contribution < 1.29 is 4.74 Å². The fourth-order valence-corrected chi connectivity index (χ4v) is 1.03. The maximum atomic E-state index is 5.10. The molecule has 0 saturated carbocycles. The van der Waals surface area contributed by atoms with E-state index in [4.69, 9.17) is 4.74 Å². The van der Waals surface area contributed by atoms with Crippen molar-refractivity contribution in [3.05, 3.63) is 42.7 Å². The Bertz CT molecular complexity index is 246. The van der Waals surface area contributed by atoms with Gasteiger partial charge in [-0.1, -0.05) is 32.6 Å². The molecule has 1 nitrogen and oxygen atoms in total. The Morgan fingerprint density at radius 2 is 1.83 bits per heavy atom. The monoisotopic (exact) mass is 162 g/mol. The van der Waals surface area contributed by atoms with Crippen molar-refractivity contribution in [2.24, 2.45) is 0 Å². The minimum absolute atomic E-state index is 0.572. The third-order valence-electron chi connectivity index (χ3n) is 1.77. The molecule has 0 atom stereocenters. The van der Waals surface area contributed by atoms with E-state index in [0.29, 0.717) is 5.92 Å². The average Bonchev–Trinajstić information content (AvgIpc) is 2.06. The third kappa shape index (κ3) is 2.12. The van der Waals surface area contributed by atoms with Crippen LogP contribution in [0.4, 0.5) is 0 Å². The lowest BCUT2D eigenvalue weighted by Crippen LogP contribution is -1.86. The zero-order valence-electron chi connectivity index (χ0n) is 7.58. The molecule has 0 unspecified atom stereocenters. The minimum atomic E-state index is 0.572. The molecule has 0 aliphatic carbocycles. The van der Waals surface area contributed by atoms with Crippen LogP contribution in [0.2, 0.25) is 0 Å². The molecule has 64 valence electrons. The second-order valence-corrected chi connectivity index (χ2v) is 3.01. The number of rotatable bonds is 3. The Morgan fingerprint density at radius 3 is 2.25 bits per heavy atom. The SMILES string of the molecule is C=COc1ccc(C(C)C)cc1. The molecule has 0 heterocycles. The maximum absolute atomic E-state index is 5.10. The van der Waals surface area contributed by atoms with Crippen LogP contribution in [0.5, 0.6) is 5.75 Å². The van der Waals surface area contributed by atoms with Crippen molar-refractivity contribution in [3.8, 4) is 5.75 Å². The summed E-state index contributed by atoms with van der Waals surface area (Å²) in [5.41, 5.74) is 1.33. The van der Waals surface area contributed by atoms with E-state index >= 15 is 0 Å². The lowest BCUT2D eigenvalue weighted by Gasteiger charge is -2.05. The van der Waals surface area contributed by atoms with Gasteiger partial charge in [0.1, 0.15) is 5.75 Å². The Kier molecular flexibility index (Phi) is 2.92. The van der Waals surface area contributed by atoms with Gasteiger partial charge in [-0.3, -0.25) is 0 Å². The van der Waals surface area contributed by atoms with Gasteiger partial charge in [-0.15, -0.1) is 0 Å².